The van der Waals surface area contributed by atoms with E-state index in [4.69, 9.17) is 5.73 Å². The number of likely N-dealkylation sites (tertiary alicyclic amines) is 1. The van der Waals surface area contributed by atoms with Crippen molar-refractivity contribution in [2.45, 2.75) is 45.6 Å². The molecule has 0 spiro atoms. The van der Waals surface area contributed by atoms with E-state index in [1.54, 1.807) is 0 Å². The molecule has 0 amide bonds. The fourth-order valence-electron chi connectivity index (χ4n) is 3.12. The minimum absolute atomic E-state index is 0.300. The van der Waals surface area contributed by atoms with Crippen LogP contribution in [-0.4, -0.2) is 30.6 Å². The zero-order chi connectivity index (χ0) is 13.7. The second kappa shape index (κ2) is 6.53. The van der Waals surface area contributed by atoms with Crippen LogP contribution in [0.15, 0.2) is 30.3 Å². The SMILES string of the molecule is CC1(C)CCCN(CC(N)CCc2ccccc2)C1. The zero-order valence-corrected chi connectivity index (χ0v) is 12.4. The van der Waals surface area contributed by atoms with Crippen LogP contribution in [0.1, 0.15) is 38.7 Å². The van der Waals surface area contributed by atoms with Gasteiger partial charge in [0.05, 0.1) is 0 Å². The number of nitrogens with zero attached hydrogens (tertiary/aromatic N) is 1. The Labute approximate surface area is 118 Å². The van der Waals surface area contributed by atoms with E-state index in [1.807, 2.05) is 0 Å². The molecule has 1 atom stereocenters. The van der Waals surface area contributed by atoms with E-state index in [-0.39, 0.29) is 0 Å². The van der Waals surface area contributed by atoms with Crippen molar-refractivity contribution >= 4 is 0 Å². The summed E-state index contributed by atoms with van der Waals surface area (Å²) in [6.07, 6.45) is 4.85. The van der Waals surface area contributed by atoms with Crippen LogP contribution in [0.25, 0.3) is 0 Å². The van der Waals surface area contributed by atoms with Gasteiger partial charge in [0.1, 0.15) is 0 Å². The normalized spacial score (nSPS) is 21.2. The molecule has 1 heterocycles. The Hall–Kier alpha value is -0.860. The van der Waals surface area contributed by atoms with Crippen molar-refractivity contribution in [2.24, 2.45) is 11.1 Å². The smallest absolute Gasteiger partial charge is 0.0170 e. The number of benzene rings is 1. The molecule has 1 aliphatic rings. The summed E-state index contributed by atoms with van der Waals surface area (Å²) in [5.41, 5.74) is 8.17. The molecular formula is C17H28N2. The molecule has 0 radical (unpaired) electrons. The van der Waals surface area contributed by atoms with Gasteiger partial charge in [0.15, 0.2) is 0 Å². The fourth-order valence-corrected chi connectivity index (χ4v) is 3.12. The van der Waals surface area contributed by atoms with E-state index >= 15 is 0 Å². The van der Waals surface area contributed by atoms with Crippen LogP contribution in [0.4, 0.5) is 0 Å². The average molecular weight is 260 g/mol. The van der Waals surface area contributed by atoms with Gasteiger partial charge < -0.3 is 10.6 Å². The molecule has 0 aromatic heterocycles. The molecule has 106 valence electrons. The summed E-state index contributed by atoms with van der Waals surface area (Å²) in [5, 5.41) is 0. The highest BCUT2D eigenvalue weighted by Crippen LogP contribution is 2.28. The first-order valence-corrected chi connectivity index (χ1v) is 7.57. The molecule has 1 unspecified atom stereocenters. The van der Waals surface area contributed by atoms with E-state index in [0.29, 0.717) is 11.5 Å². The van der Waals surface area contributed by atoms with Crippen molar-refractivity contribution in [1.29, 1.82) is 0 Å². The third-order valence-electron chi connectivity index (χ3n) is 4.12. The van der Waals surface area contributed by atoms with Gasteiger partial charge in [0, 0.05) is 19.1 Å². The van der Waals surface area contributed by atoms with E-state index in [2.05, 4.69) is 49.1 Å². The van der Waals surface area contributed by atoms with Crippen molar-refractivity contribution in [1.82, 2.24) is 4.90 Å². The minimum Gasteiger partial charge on any atom is -0.327 e. The highest BCUT2D eigenvalue weighted by Gasteiger charge is 2.26. The first kappa shape index (κ1) is 14.5. The first-order chi connectivity index (χ1) is 9.05. The molecule has 1 aromatic rings. The summed E-state index contributed by atoms with van der Waals surface area (Å²) in [6.45, 7) is 8.22. The average Bonchev–Trinajstić information content (AvgIpc) is 2.36. The second-order valence-electron chi connectivity index (χ2n) is 6.79. The molecule has 1 aromatic carbocycles. The molecule has 2 rings (SSSR count). The monoisotopic (exact) mass is 260 g/mol. The van der Waals surface area contributed by atoms with Crippen molar-refractivity contribution < 1.29 is 0 Å². The Kier molecular flexibility index (Phi) is 5.00. The third kappa shape index (κ3) is 4.96. The van der Waals surface area contributed by atoms with Crippen molar-refractivity contribution in [3.63, 3.8) is 0 Å². The van der Waals surface area contributed by atoms with Gasteiger partial charge in [-0.15, -0.1) is 0 Å². The molecular weight excluding hydrogens is 232 g/mol. The summed E-state index contributed by atoms with van der Waals surface area (Å²) in [7, 11) is 0. The largest absolute Gasteiger partial charge is 0.327 e. The number of aryl methyl sites for hydroxylation is 1. The van der Waals surface area contributed by atoms with Gasteiger partial charge in [0.2, 0.25) is 0 Å². The summed E-state index contributed by atoms with van der Waals surface area (Å²) >= 11 is 0. The van der Waals surface area contributed by atoms with Gasteiger partial charge in [-0.3, -0.25) is 0 Å². The molecule has 1 fully saturated rings. The number of hydrogen-bond donors (Lipinski definition) is 1. The van der Waals surface area contributed by atoms with Gasteiger partial charge in [-0.2, -0.15) is 0 Å². The first-order valence-electron chi connectivity index (χ1n) is 7.57. The lowest BCUT2D eigenvalue weighted by molar-refractivity contribution is 0.111. The van der Waals surface area contributed by atoms with Crippen molar-refractivity contribution in [2.75, 3.05) is 19.6 Å². The maximum atomic E-state index is 6.30. The molecule has 0 aliphatic carbocycles. The van der Waals surface area contributed by atoms with Crippen LogP contribution >= 0.6 is 0 Å². The lowest BCUT2D eigenvalue weighted by Gasteiger charge is -2.39. The van der Waals surface area contributed by atoms with Crippen LogP contribution in [0.3, 0.4) is 0 Å². The zero-order valence-electron chi connectivity index (χ0n) is 12.4. The summed E-state index contributed by atoms with van der Waals surface area (Å²) < 4.78 is 0. The molecule has 0 saturated carbocycles. The summed E-state index contributed by atoms with van der Waals surface area (Å²) in [4.78, 5) is 2.55. The van der Waals surface area contributed by atoms with Gasteiger partial charge in [-0.1, -0.05) is 44.2 Å². The van der Waals surface area contributed by atoms with Crippen molar-refractivity contribution in [3.8, 4) is 0 Å². The Morgan fingerprint density at radius 1 is 1.26 bits per heavy atom. The number of rotatable bonds is 5. The van der Waals surface area contributed by atoms with E-state index in [0.717, 1.165) is 19.4 Å². The predicted octanol–water partition coefficient (Wildman–Crippen LogP) is 3.07. The highest BCUT2D eigenvalue weighted by atomic mass is 15.1. The molecule has 2 heteroatoms. The maximum Gasteiger partial charge on any atom is 0.0170 e. The number of nitrogens with two attached hydrogens (primary N) is 1. The minimum atomic E-state index is 0.300. The quantitative estimate of drug-likeness (QED) is 0.881. The van der Waals surface area contributed by atoms with Gasteiger partial charge in [-0.05, 0) is 43.2 Å². The predicted molar refractivity (Wildman–Crippen MR) is 82.2 cm³/mol. The van der Waals surface area contributed by atoms with Gasteiger partial charge >= 0.3 is 0 Å². The third-order valence-corrected chi connectivity index (χ3v) is 4.12. The topological polar surface area (TPSA) is 29.3 Å². The number of piperidine rings is 1. The van der Waals surface area contributed by atoms with Crippen LogP contribution in [0.2, 0.25) is 0 Å². The number of hydrogen-bond acceptors (Lipinski definition) is 2. The second-order valence-corrected chi connectivity index (χ2v) is 6.79. The van der Waals surface area contributed by atoms with E-state index in [9.17, 15) is 0 Å². The molecule has 2 N–H and O–H groups in total. The standard InChI is InChI=1S/C17H28N2/c1-17(2)11-6-12-19(14-17)13-16(18)10-9-15-7-4-3-5-8-15/h3-5,7-8,16H,6,9-14,18H2,1-2H3. The molecule has 2 nitrogen and oxygen atoms in total. The summed E-state index contributed by atoms with van der Waals surface area (Å²) in [5.74, 6) is 0. The van der Waals surface area contributed by atoms with Crippen LogP contribution < -0.4 is 5.73 Å². The fraction of sp³-hybridized carbons (Fsp3) is 0.647. The van der Waals surface area contributed by atoms with Crippen molar-refractivity contribution in [3.05, 3.63) is 35.9 Å². The van der Waals surface area contributed by atoms with Crippen LogP contribution in [0, 0.1) is 5.41 Å². The Bertz CT molecular complexity index is 372. The highest BCUT2D eigenvalue weighted by molar-refractivity contribution is 5.14. The lowest BCUT2D eigenvalue weighted by Crippen LogP contribution is -2.45. The van der Waals surface area contributed by atoms with E-state index < -0.39 is 0 Å². The Morgan fingerprint density at radius 2 is 2.00 bits per heavy atom. The van der Waals surface area contributed by atoms with Gasteiger partial charge in [-0.25, -0.2) is 0 Å². The molecule has 19 heavy (non-hydrogen) atoms. The lowest BCUT2D eigenvalue weighted by atomic mass is 9.84. The Balaban J connectivity index is 1.73. The van der Waals surface area contributed by atoms with Gasteiger partial charge in [0.25, 0.3) is 0 Å². The maximum absolute atomic E-state index is 6.30. The molecule has 0 bridgehead atoms. The van der Waals surface area contributed by atoms with Crippen LogP contribution in [-0.2, 0) is 6.42 Å². The molecule has 1 aliphatic heterocycles. The van der Waals surface area contributed by atoms with E-state index in [1.165, 1.54) is 31.5 Å². The molecule has 1 saturated heterocycles. The Morgan fingerprint density at radius 3 is 2.68 bits per heavy atom. The summed E-state index contributed by atoms with van der Waals surface area (Å²) in [6, 6.07) is 11.0. The van der Waals surface area contributed by atoms with Crippen LogP contribution in [0.5, 0.6) is 0 Å².